The van der Waals surface area contributed by atoms with Gasteiger partial charge in [0, 0.05) is 23.0 Å². The van der Waals surface area contributed by atoms with Crippen LogP contribution in [-0.4, -0.2) is 30.0 Å². The Morgan fingerprint density at radius 1 is 1.42 bits per heavy atom. The van der Waals surface area contributed by atoms with Crippen molar-refractivity contribution >= 4 is 37.8 Å². The average molecular weight is 391 g/mol. The number of benzene rings is 1. The van der Waals surface area contributed by atoms with E-state index >= 15 is 0 Å². The molecule has 0 saturated carbocycles. The first-order valence-corrected chi connectivity index (χ1v) is 8.20. The molecule has 0 atom stereocenters. The van der Waals surface area contributed by atoms with Crippen LogP contribution in [0.2, 0.25) is 0 Å². The van der Waals surface area contributed by atoms with Crippen LogP contribution in [0.15, 0.2) is 22.7 Å². The van der Waals surface area contributed by atoms with E-state index in [0.717, 1.165) is 28.2 Å². The van der Waals surface area contributed by atoms with Crippen molar-refractivity contribution in [1.82, 2.24) is 5.32 Å². The molecule has 104 valence electrons. The maximum Gasteiger partial charge on any atom is 0.252 e. The van der Waals surface area contributed by atoms with E-state index in [1.807, 2.05) is 25.1 Å². The molecule has 3 nitrogen and oxygen atoms in total. The van der Waals surface area contributed by atoms with Gasteiger partial charge in [-0.05, 0) is 47.8 Å². The standard InChI is InChI=1S/C14H17Br2NO2/c1-10-2-3-12(16)11(8-10)13(18)17-14(9-15)4-6-19-7-5-14/h2-3,8H,4-7,9H2,1H3,(H,17,18). The Hall–Kier alpha value is -0.390. The minimum absolute atomic E-state index is 0.0306. The fraction of sp³-hybridized carbons (Fsp3) is 0.500. The number of carbonyl (C=O) groups excluding carboxylic acids is 1. The molecule has 1 aliphatic rings. The molecule has 2 rings (SSSR count). The average Bonchev–Trinajstić information content (AvgIpc) is 2.42. The second-order valence-corrected chi connectivity index (χ2v) is 6.38. The maximum absolute atomic E-state index is 12.4. The predicted molar refractivity (Wildman–Crippen MR) is 82.9 cm³/mol. The lowest BCUT2D eigenvalue weighted by Gasteiger charge is -2.36. The Balaban J connectivity index is 2.17. The molecule has 1 heterocycles. The summed E-state index contributed by atoms with van der Waals surface area (Å²) in [5.41, 5.74) is 1.57. The van der Waals surface area contributed by atoms with E-state index in [4.69, 9.17) is 4.74 Å². The Morgan fingerprint density at radius 2 is 2.11 bits per heavy atom. The van der Waals surface area contributed by atoms with Gasteiger partial charge in [-0.25, -0.2) is 0 Å². The topological polar surface area (TPSA) is 38.3 Å². The maximum atomic E-state index is 12.4. The molecule has 1 fully saturated rings. The van der Waals surface area contributed by atoms with Gasteiger partial charge >= 0.3 is 0 Å². The molecule has 0 radical (unpaired) electrons. The molecule has 1 aromatic carbocycles. The summed E-state index contributed by atoms with van der Waals surface area (Å²) < 4.78 is 6.20. The van der Waals surface area contributed by atoms with Crippen LogP contribution in [-0.2, 0) is 4.74 Å². The lowest BCUT2D eigenvalue weighted by molar-refractivity contribution is 0.0441. The van der Waals surface area contributed by atoms with E-state index < -0.39 is 0 Å². The van der Waals surface area contributed by atoms with E-state index in [1.165, 1.54) is 0 Å². The van der Waals surface area contributed by atoms with Gasteiger partial charge in [0.1, 0.15) is 0 Å². The normalized spacial score (nSPS) is 18.1. The monoisotopic (exact) mass is 389 g/mol. The first-order valence-electron chi connectivity index (χ1n) is 6.29. The highest BCUT2D eigenvalue weighted by Gasteiger charge is 2.33. The Labute approximate surface area is 130 Å². The van der Waals surface area contributed by atoms with Crippen molar-refractivity contribution in [3.8, 4) is 0 Å². The fourth-order valence-corrected chi connectivity index (χ4v) is 3.30. The van der Waals surface area contributed by atoms with Gasteiger partial charge in [0.15, 0.2) is 0 Å². The number of halogens is 2. The zero-order chi connectivity index (χ0) is 13.9. The smallest absolute Gasteiger partial charge is 0.252 e. The van der Waals surface area contributed by atoms with E-state index in [0.29, 0.717) is 18.8 Å². The number of hydrogen-bond acceptors (Lipinski definition) is 2. The van der Waals surface area contributed by atoms with Crippen molar-refractivity contribution in [2.75, 3.05) is 18.5 Å². The minimum atomic E-state index is -0.196. The number of carbonyl (C=O) groups is 1. The van der Waals surface area contributed by atoms with Crippen LogP contribution < -0.4 is 5.32 Å². The molecule has 0 aliphatic carbocycles. The highest BCUT2D eigenvalue weighted by molar-refractivity contribution is 9.10. The van der Waals surface area contributed by atoms with E-state index in [1.54, 1.807) is 0 Å². The van der Waals surface area contributed by atoms with Gasteiger partial charge in [-0.15, -0.1) is 0 Å². The zero-order valence-corrected chi connectivity index (χ0v) is 14.0. The fourth-order valence-electron chi connectivity index (χ4n) is 2.18. The molecule has 1 aromatic rings. The molecule has 19 heavy (non-hydrogen) atoms. The van der Waals surface area contributed by atoms with Crippen molar-refractivity contribution in [2.45, 2.75) is 25.3 Å². The van der Waals surface area contributed by atoms with Crippen LogP contribution >= 0.6 is 31.9 Å². The third-order valence-electron chi connectivity index (χ3n) is 3.45. The third-order valence-corrected chi connectivity index (χ3v) is 5.22. The second-order valence-electron chi connectivity index (χ2n) is 4.96. The molecule has 1 aliphatic heterocycles. The van der Waals surface area contributed by atoms with Crippen LogP contribution in [0, 0.1) is 6.92 Å². The molecule has 1 N–H and O–H groups in total. The quantitative estimate of drug-likeness (QED) is 0.803. The van der Waals surface area contributed by atoms with E-state index in [2.05, 4.69) is 37.2 Å². The van der Waals surface area contributed by atoms with E-state index in [9.17, 15) is 4.79 Å². The minimum Gasteiger partial charge on any atom is -0.381 e. The molecule has 0 bridgehead atoms. The van der Waals surface area contributed by atoms with Crippen molar-refractivity contribution in [3.05, 3.63) is 33.8 Å². The predicted octanol–water partition coefficient (Wildman–Crippen LogP) is 3.43. The zero-order valence-electron chi connectivity index (χ0n) is 10.8. The summed E-state index contributed by atoms with van der Waals surface area (Å²) in [5.74, 6) is -0.0306. The molecule has 5 heteroatoms. The number of rotatable bonds is 3. The van der Waals surface area contributed by atoms with Crippen molar-refractivity contribution in [3.63, 3.8) is 0 Å². The summed E-state index contributed by atoms with van der Waals surface area (Å²) in [7, 11) is 0. The summed E-state index contributed by atoms with van der Waals surface area (Å²) in [4.78, 5) is 12.4. The van der Waals surface area contributed by atoms with Crippen LogP contribution in [0.5, 0.6) is 0 Å². The van der Waals surface area contributed by atoms with Gasteiger partial charge in [0.2, 0.25) is 0 Å². The van der Waals surface area contributed by atoms with Crippen molar-refractivity contribution in [1.29, 1.82) is 0 Å². The number of ether oxygens (including phenoxy) is 1. The number of alkyl halides is 1. The lowest BCUT2D eigenvalue weighted by atomic mass is 9.92. The summed E-state index contributed by atoms with van der Waals surface area (Å²) in [6.07, 6.45) is 1.68. The SMILES string of the molecule is Cc1ccc(Br)c(C(=O)NC2(CBr)CCOCC2)c1. The third kappa shape index (κ3) is 3.58. The van der Waals surface area contributed by atoms with Gasteiger partial charge in [0.25, 0.3) is 5.91 Å². The van der Waals surface area contributed by atoms with Gasteiger partial charge in [0.05, 0.1) is 11.1 Å². The molecular weight excluding hydrogens is 374 g/mol. The van der Waals surface area contributed by atoms with Crippen molar-refractivity contribution in [2.24, 2.45) is 0 Å². The van der Waals surface area contributed by atoms with Crippen molar-refractivity contribution < 1.29 is 9.53 Å². The molecule has 0 aromatic heterocycles. The number of hydrogen-bond donors (Lipinski definition) is 1. The van der Waals surface area contributed by atoms with Crippen LogP contribution in [0.25, 0.3) is 0 Å². The summed E-state index contributed by atoms with van der Waals surface area (Å²) in [6, 6.07) is 5.80. The first-order chi connectivity index (χ1) is 9.06. The number of amides is 1. The van der Waals surface area contributed by atoms with Crippen LogP contribution in [0.1, 0.15) is 28.8 Å². The Kier molecular flexibility index (Phi) is 5.03. The van der Waals surface area contributed by atoms with Crippen LogP contribution in [0.3, 0.4) is 0 Å². The molecule has 1 saturated heterocycles. The highest BCUT2D eigenvalue weighted by atomic mass is 79.9. The Morgan fingerprint density at radius 3 is 2.74 bits per heavy atom. The summed E-state index contributed by atoms with van der Waals surface area (Å²) >= 11 is 6.96. The number of nitrogens with one attached hydrogen (secondary N) is 1. The summed E-state index contributed by atoms with van der Waals surface area (Å²) in [5, 5.41) is 3.92. The van der Waals surface area contributed by atoms with Gasteiger partial charge in [-0.1, -0.05) is 27.6 Å². The second kappa shape index (κ2) is 6.37. The van der Waals surface area contributed by atoms with Gasteiger partial charge in [-0.3, -0.25) is 4.79 Å². The molecule has 0 unspecified atom stereocenters. The first kappa shape index (κ1) is 15.0. The highest BCUT2D eigenvalue weighted by Crippen LogP contribution is 2.25. The van der Waals surface area contributed by atoms with Gasteiger partial charge < -0.3 is 10.1 Å². The van der Waals surface area contributed by atoms with E-state index in [-0.39, 0.29) is 11.4 Å². The van der Waals surface area contributed by atoms with Gasteiger partial charge in [-0.2, -0.15) is 0 Å². The number of aryl methyl sites for hydroxylation is 1. The molecule has 0 spiro atoms. The van der Waals surface area contributed by atoms with Crippen LogP contribution in [0.4, 0.5) is 0 Å². The molecule has 1 amide bonds. The Bertz CT molecular complexity index is 471. The lowest BCUT2D eigenvalue weighted by Crippen LogP contribution is -2.53. The largest absolute Gasteiger partial charge is 0.381 e. The summed E-state index contributed by atoms with van der Waals surface area (Å²) in [6.45, 7) is 3.37. The molecular formula is C14H17Br2NO2.